The number of hydrogen-bond acceptors (Lipinski definition) is 5. The molecule has 1 aliphatic rings. The maximum atomic E-state index is 12.9. The largest absolute Gasteiger partial charge is 0.506 e. The smallest absolute Gasteiger partial charge is 0.416 e. The van der Waals surface area contributed by atoms with Crippen LogP contribution >= 0.6 is 0 Å². The summed E-state index contributed by atoms with van der Waals surface area (Å²) in [5, 5.41) is 18.0. The Morgan fingerprint density at radius 1 is 1.15 bits per heavy atom. The minimum atomic E-state index is -4.59. The van der Waals surface area contributed by atoms with Crippen LogP contribution in [0.2, 0.25) is 0 Å². The van der Waals surface area contributed by atoms with E-state index in [0.717, 1.165) is 24.4 Å². The van der Waals surface area contributed by atoms with Crippen molar-refractivity contribution in [3.05, 3.63) is 71.4 Å². The van der Waals surface area contributed by atoms with Gasteiger partial charge in [-0.15, -0.1) is 0 Å². The van der Waals surface area contributed by atoms with E-state index >= 15 is 0 Å². The number of nitrogens with zero attached hydrogens (tertiary/aromatic N) is 1. The van der Waals surface area contributed by atoms with E-state index in [0.29, 0.717) is 5.56 Å². The molecule has 0 saturated carbocycles. The quantitative estimate of drug-likeness (QED) is 0.436. The number of β-lactam (4-membered cyclic amide) rings is 1. The summed E-state index contributed by atoms with van der Waals surface area (Å²) in [4.78, 5) is 41.1. The Morgan fingerprint density at radius 3 is 2.48 bits per heavy atom. The molecular weight excluding hydrogens is 441 g/mol. The molecule has 8 nitrogen and oxygen atoms in total. The Kier molecular flexibility index (Phi) is 5.62. The average molecular weight is 458 g/mol. The number of hydrogen-bond donors (Lipinski definition) is 4. The molecule has 2 unspecified atom stereocenters. The van der Waals surface area contributed by atoms with Gasteiger partial charge in [-0.1, -0.05) is 30.3 Å². The molecule has 2 atom stereocenters. The number of amides is 3. The van der Waals surface area contributed by atoms with Crippen LogP contribution in [-0.2, 0) is 15.8 Å². The third kappa shape index (κ3) is 4.43. The number of benzene rings is 2. The third-order valence-electron chi connectivity index (χ3n) is 5.20. The predicted molar refractivity (Wildman–Crippen MR) is 110 cm³/mol. The van der Waals surface area contributed by atoms with Crippen LogP contribution in [0.5, 0.6) is 5.75 Å². The standard InChI is InChI=1S/C22H17F3N4O4/c23-22(24,25)12-6-7-13-15(8-12)26-9-14(18(13)30)19(31)29-17(11-4-2-1-3-5-11)21(33)28-16-10-27-20(16)32/h1-9,16-17H,10H2,(H,26,30)(H,27,32)(H,28,33)(H,29,31). The second-order valence-electron chi connectivity index (χ2n) is 7.37. The summed E-state index contributed by atoms with van der Waals surface area (Å²) in [6, 6.07) is 8.87. The lowest BCUT2D eigenvalue weighted by atomic mass is 10.0. The lowest BCUT2D eigenvalue weighted by Gasteiger charge is -2.29. The summed E-state index contributed by atoms with van der Waals surface area (Å²) in [7, 11) is 0. The van der Waals surface area contributed by atoms with Gasteiger partial charge in [0.2, 0.25) is 11.8 Å². The van der Waals surface area contributed by atoms with Crippen molar-refractivity contribution >= 4 is 28.6 Å². The molecule has 0 aliphatic carbocycles. The maximum absolute atomic E-state index is 12.9. The molecule has 2 aromatic carbocycles. The highest BCUT2D eigenvalue weighted by atomic mass is 19.4. The first kappa shape index (κ1) is 22.1. The van der Waals surface area contributed by atoms with Crippen LogP contribution in [0, 0.1) is 0 Å². The Balaban J connectivity index is 1.62. The summed E-state index contributed by atoms with van der Waals surface area (Å²) in [5.74, 6) is -2.44. The zero-order valence-corrected chi connectivity index (χ0v) is 16.8. The van der Waals surface area contributed by atoms with Crippen molar-refractivity contribution < 1.29 is 32.7 Å². The van der Waals surface area contributed by atoms with E-state index in [1.54, 1.807) is 30.3 Å². The number of alkyl halides is 3. The van der Waals surface area contributed by atoms with Gasteiger partial charge in [0.25, 0.3) is 5.91 Å². The number of rotatable bonds is 5. The Hall–Kier alpha value is -4.15. The highest BCUT2D eigenvalue weighted by Gasteiger charge is 2.34. The fourth-order valence-electron chi connectivity index (χ4n) is 3.34. The summed E-state index contributed by atoms with van der Waals surface area (Å²) in [6.07, 6.45) is -3.65. The lowest BCUT2D eigenvalue weighted by molar-refractivity contribution is -0.137. The van der Waals surface area contributed by atoms with Crippen molar-refractivity contribution in [2.45, 2.75) is 18.3 Å². The van der Waals surface area contributed by atoms with E-state index < -0.39 is 41.4 Å². The number of fused-ring (bicyclic) bond motifs is 1. The molecular formula is C22H17F3N4O4. The van der Waals surface area contributed by atoms with Crippen LogP contribution < -0.4 is 16.0 Å². The summed E-state index contributed by atoms with van der Waals surface area (Å²) in [6.45, 7) is 0.259. The van der Waals surface area contributed by atoms with Gasteiger partial charge in [-0.05, 0) is 23.8 Å². The number of carbonyl (C=O) groups is 3. The van der Waals surface area contributed by atoms with E-state index in [1.165, 1.54) is 0 Å². The minimum Gasteiger partial charge on any atom is -0.506 e. The van der Waals surface area contributed by atoms with Crippen molar-refractivity contribution in [1.29, 1.82) is 0 Å². The molecule has 3 aromatic rings. The molecule has 4 N–H and O–H groups in total. The topological polar surface area (TPSA) is 120 Å². The van der Waals surface area contributed by atoms with Gasteiger partial charge in [-0.3, -0.25) is 19.4 Å². The molecule has 0 spiro atoms. The van der Waals surface area contributed by atoms with Crippen LogP contribution in [0.1, 0.15) is 27.5 Å². The van der Waals surface area contributed by atoms with Gasteiger partial charge in [-0.25, -0.2) is 0 Å². The third-order valence-corrected chi connectivity index (χ3v) is 5.20. The highest BCUT2D eigenvalue weighted by Crippen LogP contribution is 2.34. The Labute approximate surface area is 184 Å². The normalized spacial score (nSPS) is 16.5. The molecule has 33 heavy (non-hydrogen) atoms. The van der Waals surface area contributed by atoms with Gasteiger partial charge in [0.15, 0.2) is 0 Å². The fourth-order valence-corrected chi connectivity index (χ4v) is 3.34. The number of nitrogens with one attached hydrogen (secondary N) is 3. The van der Waals surface area contributed by atoms with E-state index in [2.05, 4.69) is 20.9 Å². The molecule has 170 valence electrons. The van der Waals surface area contributed by atoms with Crippen LogP contribution in [-0.4, -0.2) is 40.4 Å². The van der Waals surface area contributed by atoms with Gasteiger partial charge in [-0.2, -0.15) is 13.2 Å². The average Bonchev–Trinajstić information content (AvgIpc) is 2.79. The van der Waals surface area contributed by atoms with Gasteiger partial charge in [0.1, 0.15) is 23.4 Å². The van der Waals surface area contributed by atoms with Gasteiger partial charge in [0, 0.05) is 18.1 Å². The number of aromatic hydroxyl groups is 1. The molecule has 4 rings (SSSR count). The SMILES string of the molecule is O=C(NC(C(=O)NC1CNC1=O)c1ccccc1)c1cnc2cc(C(F)(F)F)ccc2c1O. The van der Waals surface area contributed by atoms with Crippen molar-refractivity contribution in [1.82, 2.24) is 20.9 Å². The highest BCUT2D eigenvalue weighted by molar-refractivity contribution is 6.04. The van der Waals surface area contributed by atoms with Crippen molar-refractivity contribution in [3.63, 3.8) is 0 Å². The van der Waals surface area contributed by atoms with E-state index in [4.69, 9.17) is 0 Å². The lowest BCUT2D eigenvalue weighted by Crippen LogP contribution is -2.63. The monoisotopic (exact) mass is 458 g/mol. The number of pyridine rings is 1. The van der Waals surface area contributed by atoms with E-state index in [-0.39, 0.29) is 28.9 Å². The molecule has 1 saturated heterocycles. The second kappa shape index (κ2) is 8.41. The number of halogens is 3. The van der Waals surface area contributed by atoms with Crippen molar-refractivity contribution in [2.24, 2.45) is 0 Å². The van der Waals surface area contributed by atoms with E-state index in [9.17, 15) is 32.7 Å². The molecule has 3 amide bonds. The summed E-state index contributed by atoms with van der Waals surface area (Å²) >= 11 is 0. The van der Waals surface area contributed by atoms with Crippen molar-refractivity contribution in [2.75, 3.05) is 6.54 Å². The van der Waals surface area contributed by atoms with Crippen LogP contribution in [0.3, 0.4) is 0 Å². The molecule has 0 bridgehead atoms. The predicted octanol–water partition coefficient (Wildman–Crippen LogP) is 2.04. The van der Waals surface area contributed by atoms with Gasteiger partial charge >= 0.3 is 6.18 Å². The minimum absolute atomic E-state index is 0.0532. The zero-order valence-electron chi connectivity index (χ0n) is 16.8. The van der Waals surface area contributed by atoms with Gasteiger partial charge in [0.05, 0.1) is 11.1 Å². The summed E-state index contributed by atoms with van der Waals surface area (Å²) in [5.41, 5.74) is -0.990. The molecule has 2 heterocycles. The molecule has 0 radical (unpaired) electrons. The second-order valence-corrected chi connectivity index (χ2v) is 7.37. The van der Waals surface area contributed by atoms with Crippen LogP contribution in [0.15, 0.2) is 54.7 Å². The molecule has 11 heteroatoms. The zero-order chi connectivity index (χ0) is 23.8. The molecule has 1 fully saturated rings. The molecule has 1 aliphatic heterocycles. The summed E-state index contributed by atoms with van der Waals surface area (Å²) < 4.78 is 38.8. The van der Waals surface area contributed by atoms with E-state index in [1.807, 2.05) is 0 Å². The Morgan fingerprint density at radius 2 is 1.88 bits per heavy atom. The number of carbonyl (C=O) groups excluding carboxylic acids is 3. The number of aromatic nitrogens is 1. The van der Waals surface area contributed by atoms with Gasteiger partial charge < -0.3 is 21.1 Å². The maximum Gasteiger partial charge on any atom is 0.416 e. The molecule has 1 aromatic heterocycles. The fraction of sp³-hybridized carbons (Fsp3) is 0.182. The first-order chi connectivity index (χ1) is 15.6. The first-order valence-electron chi connectivity index (χ1n) is 9.78. The van der Waals surface area contributed by atoms with Crippen LogP contribution in [0.25, 0.3) is 10.9 Å². The Bertz CT molecular complexity index is 1250. The van der Waals surface area contributed by atoms with Crippen molar-refractivity contribution in [3.8, 4) is 5.75 Å². The first-order valence-corrected chi connectivity index (χ1v) is 9.78. The van der Waals surface area contributed by atoms with Crippen LogP contribution in [0.4, 0.5) is 13.2 Å².